The average molecular weight is 640 g/mol. The molecule has 45 heavy (non-hydrogen) atoms. The summed E-state index contributed by atoms with van der Waals surface area (Å²) in [5.74, 6) is -0.310. The van der Waals surface area contributed by atoms with Crippen LogP contribution in [0.5, 0.6) is 5.75 Å². The molecule has 1 aromatic heterocycles. The molecule has 2 aromatic carbocycles. The van der Waals surface area contributed by atoms with Crippen molar-refractivity contribution in [3.63, 3.8) is 0 Å². The van der Waals surface area contributed by atoms with E-state index in [0.29, 0.717) is 11.3 Å². The van der Waals surface area contributed by atoms with Crippen LogP contribution in [0.15, 0.2) is 64.2 Å². The number of non-ortho nitro benzene ring substituents is 1. The van der Waals surface area contributed by atoms with Crippen LogP contribution in [-0.2, 0) is 25.2 Å². The van der Waals surface area contributed by atoms with Crippen molar-refractivity contribution >= 4 is 14.0 Å². The molecule has 3 heterocycles. The standard InChI is InChI=1S/C32H41N3O9Si/c1-31(2,3)45(7,8)41-19-25-27-28(44-32(4,5)43-27)29(42-25)34-24(21-11-13-22(14-12-21)35(38)39)17-26(36)33(30(34)37)18-20-9-15-23(40-6)16-10-20/h9-17,25,27-29H,18-19H2,1-8H3/t25-,27?,28?,29-/m1/s1. The first-order chi connectivity index (χ1) is 21.0. The first-order valence-electron chi connectivity index (χ1n) is 14.9. The van der Waals surface area contributed by atoms with Crippen molar-refractivity contribution in [1.29, 1.82) is 0 Å². The van der Waals surface area contributed by atoms with Crippen molar-refractivity contribution in [3.05, 3.63) is 91.1 Å². The minimum Gasteiger partial charge on any atom is -0.497 e. The molecule has 0 bridgehead atoms. The van der Waals surface area contributed by atoms with Crippen LogP contribution < -0.4 is 16.0 Å². The Morgan fingerprint density at radius 3 is 2.20 bits per heavy atom. The van der Waals surface area contributed by atoms with E-state index in [2.05, 4.69) is 33.9 Å². The number of benzene rings is 2. The molecule has 2 fully saturated rings. The predicted molar refractivity (Wildman–Crippen MR) is 170 cm³/mol. The van der Waals surface area contributed by atoms with Gasteiger partial charge in [0.2, 0.25) is 0 Å². The molecule has 4 atom stereocenters. The van der Waals surface area contributed by atoms with E-state index < -0.39 is 54.8 Å². The number of nitro groups is 1. The highest BCUT2D eigenvalue weighted by Gasteiger charge is 2.57. The van der Waals surface area contributed by atoms with Gasteiger partial charge in [-0.15, -0.1) is 0 Å². The van der Waals surface area contributed by atoms with Crippen molar-refractivity contribution in [2.75, 3.05) is 13.7 Å². The fourth-order valence-corrected chi connectivity index (χ4v) is 6.40. The second-order valence-corrected chi connectivity index (χ2v) is 18.3. The van der Waals surface area contributed by atoms with Gasteiger partial charge >= 0.3 is 5.69 Å². The average Bonchev–Trinajstić information content (AvgIpc) is 3.46. The minimum absolute atomic E-state index is 0.00375. The van der Waals surface area contributed by atoms with E-state index in [4.69, 9.17) is 23.4 Å². The molecule has 0 spiro atoms. The molecule has 0 amide bonds. The van der Waals surface area contributed by atoms with Gasteiger partial charge in [0.15, 0.2) is 20.3 Å². The van der Waals surface area contributed by atoms with Crippen molar-refractivity contribution in [2.45, 2.75) is 89.6 Å². The number of hydrogen-bond acceptors (Lipinski definition) is 9. The van der Waals surface area contributed by atoms with Crippen LogP contribution in [0.1, 0.15) is 46.4 Å². The molecule has 0 radical (unpaired) electrons. The minimum atomic E-state index is -2.16. The van der Waals surface area contributed by atoms with Gasteiger partial charge < -0.3 is 23.4 Å². The zero-order valence-electron chi connectivity index (χ0n) is 26.9. The Morgan fingerprint density at radius 2 is 1.62 bits per heavy atom. The van der Waals surface area contributed by atoms with Crippen LogP contribution in [0.25, 0.3) is 11.3 Å². The lowest BCUT2D eigenvalue weighted by molar-refractivity contribution is -0.384. The third-order valence-electron chi connectivity index (χ3n) is 8.89. The quantitative estimate of drug-likeness (QED) is 0.179. The summed E-state index contributed by atoms with van der Waals surface area (Å²) in [6, 6.07) is 14.1. The first kappa shape index (κ1) is 32.8. The van der Waals surface area contributed by atoms with E-state index >= 15 is 0 Å². The van der Waals surface area contributed by atoms with E-state index in [0.717, 1.165) is 10.1 Å². The van der Waals surface area contributed by atoms with E-state index in [-0.39, 0.29) is 29.6 Å². The molecule has 2 saturated heterocycles. The fraction of sp³-hybridized carbons (Fsp3) is 0.500. The highest BCUT2D eigenvalue weighted by Crippen LogP contribution is 2.45. The molecule has 2 unspecified atom stereocenters. The molecule has 0 N–H and O–H groups in total. The topological polar surface area (TPSA) is 133 Å². The fourth-order valence-electron chi connectivity index (χ4n) is 5.38. The van der Waals surface area contributed by atoms with Gasteiger partial charge in [0.1, 0.15) is 24.1 Å². The highest BCUT2D eigenvalue weighted by atomic mass is 28.4. The predicted octanol–water partition coefficient (Wildman–Crippen LogP) is 5.08. The smallest absolute Gasteiger partial charge is 0.334 e. The number of aromatic nitrogens is 2. The second-order valence-electron chi connectivity index (χ2n) is 13.5. The van der Waals surface area contributed by atoms with Crippen molar-refractivity contribution in [3.8, 4) is 17.0 Å². The Hall–Kier alpha value is -3.62. The summed E-state index contributed by atoms with van der Waals surface area (Å²) < 4.78 is 33.5. The molecular weight excluding hydrogens is 598 g/mol. The summed E-state index contributed by atoms with van der Waals surface area (Å²) in [5, 5.41) is 11.3. The second kappa shape index (κ2) is 12.0. The monoisotopic (exact) mass is 639 g/mol. The number of nitrogens with zero attached hydrogens (tertiary/aromatic N) is 3. The Morgan fingerprint density at radius 1 is 1.00 bits per heavy atom. The van der Waals surface area contributed by atoms with Gasteiger partial charge in [-0.1, -0.05) is 32.9 Å². The van der Waals surface area contributed by atoms with Crippen LogP contribution in [0.3, 0.4) is 0 Å². The Bertz CT molecular complexity index is 1670. The summed E-state index contributed by atoms with van der Waals surface area (Å²) >= 11 is 0. The molecule has 0 aliphatic carbocycles. The first-order valence-corrected chi connectivity index (χ1v) is 17.8. The van der Waals surface area contributed by atoms with Gasteiger partial charge in [-0.2, -0.15) is 0 Å². The molecule has 242 valence electrons. The zero-order chi connectivity index (χ0) is 32.9. The Balaban J connectivity index is 1.61. The van der Waals surface area contributed by atoms with Gasteiger partial charge in [0, 0.05) is 18.2 Å². The normalized spacial score (nSPS) is 22.8. The number of methoxy groups -OCH3 is 1. The highest BCUT2D eigenvalue weighted by molar-refractivity contribution is 6.74. The van der Waals surface area contributed by atoms with Gasteiger partial charge in [-0.05, 0) is 67.4 Å². The summed E-state index contributed by atoms with van der Waals surface area (Å²) in [7, 11) is -0.603. The molecule has 3 aromatic rings. The zero-order valence-corrected chi connectivity index (χ0v) is 27.9. The third-order valence-corrected chi connectivity index (χ3v) is 13.4. The van der Waals surface area contributed by atoms with Crippen LogP contribution in [0.4, 0.5) is 5.69 Å². The van der Waals surface area contributed by atoms with E-state index in [1.807, 2.05) is 0 Å². The maximum absolute atomic E-state index is 14.4. The lowest BCUT2D eigenvalue weighted by Crippen LogP contribution is -2.44. The number of hydrogen-bond donors (Lipinski definition) is 0. The molecule has 13 heteroatoms. The Kier molecular flexibility index (Phi) is 8.70. The molecular formula is C32H41N3O9Si. The lowest BCUT2D eigenvalue weighted by atomic mass is 10.1. The lowest BCUT2D eigenvalue weighted by Gasteiger charge is -2.37. The summed E-state index contributed by atoms with van der Waals surface area (Å²) in [4.78, 5) is 38.7. The molecule has 2 aliphatic rings. The van der Waals surface area contributed by atoms with Crippen LogP contribution in [0.2, 0.25) is 18.1 Å². The van der Waals surface area contributed by atoms with E-state index in [1.165, 1.54) is 34.9 Å². The molecule has 0 saturated carbocycles. The summed E-state index contributed by atoms with van der Waals surface area (Å²) in [5.41, 5.74) is 0.137. The van der Waals surface area contributed by atoms with Gasteiger partial charge in [0.05, 0.1) is 30.9 Å². The molecule has 12 nitrogen and oxygen atoms in total. The number of nitro benzene ring substituents is 1. The number of ether oxygens (including phenoxy) is 4. The molecule has 5 rings (SSSR count). The SMILES string of the molecule is COc1ccc(Cn2c(=O)cc(-c3ccc([N+](=O)[O-])cc3)n([C@@H]3O[C@H](CO[Si](C)(C)C(C)(C)C)C4OC(C)(C)OC43)c2=O)cc1. The van der Waals surface area contributed by atoms with Crippen molar-refractivity contribution in [1.82, 2.24) is 9.13 Å². The van der Waals surface area contributed by atoms with Crippen molar-refractivity contribution < 1.29 is 28.3 Å². The number of rotatable bonds is 9. The maximum atomic E-state index is 14.4. The van der Waals surface area contributed by atoms with E-state index in [1.54, 1.807) is 45.2 Å². The van der Waals surface area contributed by atoms with Gasteiger partial charge in [-0.3, -0.25) is 24.0 Å². The van der Waals surface area contributed by atoms with Crippen LogP contribution in [-0.4, -0.2) is 60.2 Å². The Labute approximate surface area is 262 Å². The van der Waals surface area contributed by atoms with Crippen molar-refractivity contribution in [2.24, 2.45) is 0 Å². The van der Waals surface area contributed by atoms with Gasteiger partial charge in [0.25, 0.3) is 11.2 Å². The van der Waals surface area contributed by atoms with Crippen LogP contribution in [0, 0.1) is 10.1 Å². The van der Waals surface area contributed by atoms with Crippen LogP contribution >= 0.6 is 0 Å². The maximum Gasteiger partial charge on any atom is 0.334 e. The third kappa shape index (κ3) is 6.54. The largest absolute Gasteiger partial charge is 0.497 e. The number of fused-ring (bicyclic) bond motifs is 1. The summed E-state index contributed by atoms with van der Waals surface area (Å²) in [6.45, 7) is 14.6. The van der Waals surface area contributed by atoms with E-state index in [9.17, 15) is 19.7 Å². The summed E-state index contributed by atoms with van der Waals surface area (Å²) in [6.07, 6.45) is -2.79. The molecule has 2 aliphatic heterocycles. The van der Waals surface area contributed by atoms with Gasteiger partial charge in [-0.25, -0.2) is 4.79 Å².